The molecule has 1 heterocycles. The van der Waals surface area contributed by atoms with Crippen molar-refractivity contribution in [2.24, 2.45) is 11.8 Å². The highest BCUT2D eigenvalue weighted by molar-refractivity contribution is 5.98. The lowest BCUT2D eigenvalue weighted by Crippen LogP contribution is -2.60. The number of benzene rings is 1. The van der Waals surface area contributed by atoms with Gasteiger partial charge in [0.2, 0.25) is 35.4 Å². The van der Waals surface area contributed by atoms with Crippen molar-refractivity contribution in [2.75, 3.05) is 13.1 Å². The Bertz CT molecular complexity index is 1410. The standard InChI is InChI=1S/C36H54N6O10/c1-6-24(37-28(43)15-14-23-12-8-7-9-13-23)32(47)41-31(22(4)5)35(50)39-25(19-29(44)42-16-10-11-17-42)33(48)38-26(20-30(45)46)34(49)40-27(36(51)52)18-21(2)3/h7-9,12-13,21-22,24-27,31H,6,10-11,14-20H2,1-5H3,(H,37,43)(H,38,48)(H,39,50)(H,40,49)(H,41,47)(H,45,46)(H,51,52)/t24-,25-,26-,27-,31-/m0/s1. The molecule has 52 heavy (non-hydrogen) atoms. The van der Waals surface area contributed by atoms with Crippen LogP contribution in [0.15, 0.2) is 30.3 Å². The van der Waals surface area contributed by atoms with E-state index in [0.29, 0.717) is 19.5 Å². The van der Waals surface area contributed by atoms with E-state index < -0.39 is 90.4 Å². The van der Waals surface area contributed by atoms with Crippen LogP contribution in [0.3, 0.4) is 0 Å². The molecular weight excluding hydrogens is 676 g/mol. The van der Waals surface area contributed by atoms with Gasteiger partial charge in [-0.2, -0.15) is 0 Å². The molecule has 0 unspecified atom stereocenters. The van der Waals surface area contributed by atoms with Crippen molar-refractivity contribution < 1.29 is 48.6 Å². The lowest BCUT2D eigenvalue weighted by Gasteiger charge is -2.28. The summed E-state index contributed by atoms with van der Waals surface area (Å²) in [6.07, 6.45) is 0.922. The molecule has 288 valence electrons. The highest BCUT2D eigenvalue weighted by atomic mass is 16.4. The average Bonchev–Trinajstić information content (AvgIpc) is 3.63. The molecule has 0 spiro atoms. The summed E-state index contributed by atoms with van der Waals surface area (Å²) in [5.41, 5.74) is 0.957. The first-order chi connectivity index (χ1) is 24.5. The zero-order chi connectivity index (χ0) is 39.0. The van der Waals surface area contributed by atoms with Crippen LogP contribution in [0.1, 0.15) is 85.1 Å². The first-order valence-electron chi connectivity index (χ1n) is 17.8. The maximum absolute atomic E-state index is 13.7. The number of rotatable bonds is 21. The lowest BCUT2D eigenvalue weighted by atomic mass is 10.0. The van der Waals surface area contributed by atoms with Crippen LogP contribution >= 0.6 is 0 Å². The Morgan fingerprint density at radius 2 is 1.23 bits per heavy atom. The van der Waals surface area contributed by atoms with Gasteiger partial charge in [0, 0.05) is 19.5 Å². The fourth-order valence-corrected chi connectivity index (χ4v) is 5.67. The number of carboxylic acid groups (broad SMARTS) is 2. The molecule has 1 saturated heterocycles. The number of nitrogens with zero attached hydrogens (tertiary/aromatic N) is 1. The van der Waals surface area contributed by atoms with Crippen molar-refractivity contribution in [3.8, 4) is 0 Å². The Morgan fingerprint density at radius 1 is 0.692 bits per heavy atom. The van der Waals surface area contributed by atoms with Gasteiger partial charge < -0.3 is 41.7 Å². The van der Waals surface area contributed by atoms with E-state index in [1.807, 2.05) is 30.3 Å². The number of likely N-dealkylation sites (tertiary alicyclic amines) is 1. The van der Waals surface area contributed by atoms with E-state index in [1.54, 1.807) is 34.6 Å². The molecule has 5 atom stereocenters. The quantitative estimate of drug-likeness (QED) is 0.0936. The van der Waals surface area contributed by atoms with Gasteiger partial charge in [-0.15, -0.1) is 0 Å². The second-order valence-corrected chi connectivity index (χ2v) is 13.8. The molecule has 1 aliphatic heterocycles. The summed E-state index contributed by atoms with van der Waals surface area (Å²) in [6.45, 7) is 9.36. The maximum Gasteiger partial charge on any atom is 0.326 e. The van der Waals surface area contributed by atoms with E-state index in [2.05, 4.69) is 26.6 Å². The fourth-order valence-electron chi connectivity index (χ4n) is 5.67. The number of aryl methyl sites for hydroxylation is 1. The molecule has 1 aromatic carbocycles. The van der Waals surface area contributed by atoms with Crippen LogP contribution in [-0.4, -0.2) is 106 Å². The second kappa shape index (κ2) is 21.4. The van der Waals surface area contributed by atoms with Crippen molar-refractivity contribution >= 4 is 47.4 Å². The summed E-state index contributed by atoms with van der Waals surface area (Å²) in [4.78, 5) is 105. The number of amides is 6. The van der Waals surface area contributed by atoms with Crippen molar-refractivity contribution in [3.63, 3.8) is 0 Å². The predicted octanol–water partition coefficient (Wildman–Crippen LogP) is 0.727. The Balaban J connectivity index is 2.23. The minimum atomic E-state index is -1.74. The molecule has 1 fully saturated rings. The molecular formula is C36H54N6O10. The van der Waals surface area contributed by atoms with E-state index in [-0.39, 0.29) is 31.1 Å². The second-order valence-electron chi connectivity index (χ2n) is 13.8. The zero-order valence-electron chi connectivity index (χ0n) is 30.6. The van der Waals surface area contributed by atoms with Crippen LogP contribution in [0.4, 0.5) is 0 Å². The van der Waals surface area contributed by atoms with Crippen LogP contribution < -0.4 is 26.6 Å². The highest BCUT2D eigenvalue weighted by Crippen LogP contribution is 2.13. The van der Waals surface area contributed by atoms with Gasteiger partial charge in [-0.3, -0.25) is 33.6 Å². The molecule has 0 aliphatic carbocycles. The summed E-state index contributed by atoms with van der Waals surface area (Å²) in [5.74, 6) is -7.87. The van der Waals surface area contributed by atoms with Gasteiger partial charge in [-0.05, 0) is 49.5 Å². The Kier molecular flexibility index (Phi) is 17.7. The average molecular weight is 731 g/mol. The monoisotopic (exact) mass is 730 g/mol. The number of hydrogen-bond acceptors (Lipinski definition) is 8. The summed E-state index contributed by atoms with van der Waals surface area (Å²) < 4.78 is 0. The van der Waals surface area contributed by atoms with Crippen molar-refractivity contribution in [3.05, 3.63) is 35.9 Å². The molecule has 0 aromatic heterocycles. The third-order valence-corrected chi connectivity index (χ3v) is 8.59. The number of carbonyl (C=O) groups is 8. The van der Waals surface area contributed by atoms with E-state index in [1.165, 1.54) is 4.90 Å². The summed E-state index contributed by atoms with van der Waals surface area (Å²) in [7, 11) is 0. The number of carbonyl (C=O) groups excluding carboxylic acids is 6. The van der Waals surface area contributed by atoms with E-state index >= 15 is 0 Å². The van der Waals surface area contributed by atoms with E-state index in [4.69, 9.17) is 0 Å². The molecule has 2 rings (SSSR count). The molecule has 1 aliphatic rings. The summed E-state index contributed by atoms with van der Waals surface area (Å²) in [6, 6.07) is 2.50. The topological polar surface area (TPSA) is 240 Å². The van der Waals surface area contributed by atoms with Crippen molar-refractivity contribution in [1.82, 2.24) is 31.5 Å². The van der Waals surface area contributed by atoms with Gasteiger partial charge in [-0.25, -0.2) is 4.79 Å². The highest BCUT2D eigenvalue weighted by Gasteiger charge is 2.36. The number of nitrogens with one attached hydrogen (secondary N) is 5. The fraction of sp³-hybridized carbons (Fsp3) is 0.611. The van der Waals surface area contributed by atoms with Crippen LogP contribution in [0.25, 0.3) is 0 Å². The lowest BCUT2D eigenvalue weighted by molar-refractivity contribution is -0.144. The van der Waals surface area contributed by atoms with Crippen molar-refractivity contribution in [1.29, 1.82) is 0 Å². The normalized spacial score (nSPS) is 15.5. The third-order valence-electron chi connectivity index (χ3n) is 8.59. The van der Waals surface area contributed by atoms with Gasteiger partial charge in [0.1, 0.15) is 30.2 Å². The summed E-state index contributed by atoms with van der Waals surface area (Å²) >= 11 is 0. The summed E-state index contributed by atoms with van der Waals surface area (Å²) in [5, 5.41) is 31.4. The predicted molar refractivity (Wildman–Crippen MR) is 189 cm³/mol. The molecule has 16 heteroatoms. The first kappa shape index (κ1) is 43.1. The maximum atomic E-state index is 13.7. The Morgan fingerprint density at radius 3 is 1.75 bits per heavy atom. The smallest absolute Gasteiger partial charge is 0.326 e. The van der Waals surface area contributed by atoms with Gasteiger partial charge in [0.05, 0.1) is 12.8 Å². The van der Waals surface area contributed by atoms with Crippen LogP contribution in [0, 0.1) is 11.8 Å². The minimum Gasteiger partial charge on any atom is -0.481 e. The van der Waals surface area contributed by atoms with Crippen LogP contribution in [0.5, 0.6) is 0 Å². The van der Waals surface area contributed by atoms with Gasteiger partial charge in [0.15, 0.2) is 0 Å². The van der Waals surface area contributed by atoms with Crippen LogP contribution in [-0.2, 0) is 44.8 Å². The molecule has 7 N–H and O–H groups in total. The molecule has 0 saturated carbocycles. The largest absolute Gasteiger partial charge is 0.481 e. The number of hydrogen-bond donors (Lipinski definition) is 7. The molecule has 1 aromatic rings. The van der Waals surface area contributed by atoms with E-state index in [9.17, 15) is 48.6 Å². The first-order valence-corrected chi connectivity index (χ1v) is 17.8. The molecule has 0 radical (unpaired) electrons. The van der Waals surface area contributed by atoms with Gasteiger partial charge in [-0.1, -0.05) is 65.0 Å². The van der Waals surface area contributed by atoms with Gasteiger partial charge >= 0.3 is 11.9 Å². The van der Waals surface area contributed by atoms with Crippen LogP contribution in [0.2, 0.25) is 0 Å². The molecule has 6 amide bonds. The SMILES string of the molecule is CC[C@H](NC(=O)CCc1ccccc1)C(=O)N[C@H](C(=O)N[C@@H](CC(=O)N1CCCC1)C(=O)N[C@@H](CC(=O)O)C(=O)N[C@@H](CC(C)C)C(=O)O)C(C)C. The minimum absolute atomic E-state index is 0.0381. The molecule has 16 nitrogen and oxygen atoms in total. The molecule has 0 bridgehead atoms. The van der Waals surface area contributed by atoms with Gasteiger partial charge in [0.25, 0.3) is 0 Å². The Labute approximate surface area is 304 Å². The zero-order valence-corrected chi connectivity index (χ0v) is 30.6. The van der Waals surface area contributed by atoms with E-state index in [0.717, 1.165) is 18.4 Å². The Hall–Kier alpha value is -5.02. The number of carboxylic acids is 2. The third kappa shape index (κ3) is 14.7. The number of aliphatic carboxylic acids is 2. The van der Waals surface area contributed by atoms with Crippen molar-refractivity contribution in [2.45, 2.75) is 116 Å².